The number of Topliss-reactive ketones (excluding diaryl/α,β-unsaturated/α-hetero) is 1. The van der Waals surface area contributed by atoms with E-state index in [9.17, 15) is 9.90 Å². The minimum atomic E-state index is -1.08. The van der Waals surface area contributed by atoms with Crippen LogP contribution in [0.5, 0.6) is 0 Å². The van der Waals surface area contributed by atoms with E-state index in [2.05, 4.69) is 4.98 Å². The van der Waals surface area contributed by atoms with Crippen molar-refractivity contribution in [3.63, 3.8) is 0 Å². The zero-order valence-corrected chi connectivity index (χ0v) is 7.77. The van der Waals surface area contributed by atoms with Crippen molar-refractivity contribution >= 4 is 5.78 Å². The molecule has 1 rings (SSSR count). The first-order valence-electron chi connectivity index (χ1n) is 4.25. The summed E-state index contributed by atoms with van der Waals surface area (Å²) in [6.07, 6.45) is 0.479. The first kappa shape index (κ1) is 9.86. The van der Waals surface area contributed by atoms with Gasteiger partial charge in [-0.3, -0.25) is 9.78 Å². The van der Waals surface area contributed by atoms with Crippen molar-refractivity contribution in [1.29, 1.82) is 0 Å². The third-order valence-electron chi connectivity index (χ3n) is 1.81. The van der Waals surface area contributed by atoms with Crippen LogP contribution in [0.3, 0.4) is 0 Å². The van der Waals surface area contributed by atoms with E-state index in [-0.39, 0.29) is 11.7 Å². The van der Waals surface area contributed by atoms with Crippen LogP contribution in [0.25, 0.3) is 0 Å². The summed E-state index contributed by atoms with van der Waals surface area (Å²) >= 11 is 0. The van der Waals surface area contributed by atoms with Crippen molar-refractivity contribution in [2.75, 3.05) is 0 Å². The fraction of sp³-hybridized carbons (Fsp3) is 0.400. The minimum Gasteiger partial charge on any atom is -0.379 e. The zero-order valence-electron chi connectivity index (χ0n) is 7.77. The quantitative estimate of drug-likeness (QED) is 0.761. The van der Waals surface area contributed by atoms with E-state index in [0.29, 0.717) is 5.69 Å². The molecule has 1 heterocycles. The van der Waals surface area contributed by atoms with Crippen LogP contribution in [0.1, 0.15) is 25.6 Å². The maximum Gasteiger partial charge on any atom is 0.169 e. The number of ketones is 1. The van der Waals surface area contributed by atoms with Gasteiger partial charge >= 0.3 is 0 Å². The normalized spacial score (nSPS) is 12.9. The van der Waals surface area contributed by atoms with E-state index in [0.717, 1.165) is 0 Å². The van der Waals surface area contributed by atoms with Crippen LogP contribution in [0.4, 0.5) is 0 Å². The number of rotatable bonds is 3. The van der Waals surface area contributed by atoms with Gasteiger partial charge in [0, 0.05) is 12.1 Å². The molecule has 0 fully saturated rings. The number of carbonyl (C=O) groups excluding carboxylic acids is 1. The Hall–Kier alpha value is -1.22. The van der Waals surface area contributed by atoms with E-state index in [1.807, 2.05) is 0 Å². The molecule has 0 radical (unpaired) electrons. The summed E-state index contributed by atoms with van der Waals surface area (Å²) in [4.78, 5) is 15.3. The lowest BCUT2D eigenvalue weighted by Gasteiger charge is -2.10. The molecular formula is C10H13NO2. The molecule has 3 nitrogen and oxygen atoms in total. The van der Waals surface area contributed by atoms with Crippen molar-refractivity contribution in [1.82, 2.24) is 4.98 Å². The van der Waals surface area contributed by atoms with Crippen molar-refractivity contribution in [3.8, 4) is 0 Å². The number of hydrogen-bond acceptors (Lipinski definition) is 3. The van der Waals surface area contributed by atoms with Crippen LogP contribution in [0.2, 0.25) is 0 Å². The maximum absolute atomic E-state index is 11.4. The van der Waals surface area contributed by atoms with Crippen LogP contribution < -0.4 is 0 Å². The van der Waals surface area contributed by atoms with Gasteiger partial charge in [-0.2, -0.15) is 0 Å². The van der Waals surface area contributed by atoms with E-state index in [1.54, 1.807) is 38.2 Å². The summed E-state index contributed by atoms with van der Waals surface area (Å²) in [5, 5.41) is 9.55. The Morgan fingerprint density at radius 2 is 2.15 bits per heavy atom. The fourth-order valence-corrected chi connectivity index (χ4v) is 0.999. The topological polar surface area (TPSA) is 50.2 Å². The second-order valence-corrected chi connectivity index (χ2v) is 3.21. The molecule has 1 aromatic heterocycles. The van der Waals surface area contributed by atoms with Crippen LogP contribution >= 0.6 is 0 Å². The number of aliphatic hydroxyl groups excluding tert-OH is 1. The summed E-state index contributed by atoms with van der Waals surface area (Å²) in [6, 6.07) is 5.14. The number of nitrogens with zero attached hydrogens (tertiary/aromatic N) is 1. The van der Waals surface area contributed by atoms with E-state index < -0.39 is 6.10 Å². The van der Waals surface area contributed by atoms with Crippen LogP contribution in [-0.2, 0) is 4.79 Å². The van der Waals surface area contributed by atoms with Gasteiger partial charge in [-0.25, -0.2) is 0 Å². The Balaban J connectivity index is 2.80. The molecule has 1 unspecified atom stereocenters. The number of hydrogen-bond donors (Lipinski definition) is 1. The first-order chi connectivity index (χ1) is 6.13. The fourth-order valence-electron chi connectivity index (χ4n) is 0.999. The van der Waals surface area contributed by atoms with Gasteiger partial charge in [-0.1, -0.05) is 19.9 Å². The highest BCUT2D eigenvalue weighted by Crippen LogP contribution is 2.14. The highest BCUT2D eigenvalue weighted by atomic mass is 16.3. The van der Waals surface area contributed by atoms with E-state index >= 15 is 0 Å². The van der Waals surface area contributed by atoms with Crippen LogP contribution in [-0.4, -0.2) is 15.9 Å². The van der Waals surface area contributed by atoms with Gasteiger partial charge < -0.3 is 5.11 Å². The summed E-state index contributed by atoms with van der Waals surface area (Å²) in [6.45, 7) is 3.52. The van der Waals surface area contributed by atoms with Crippen molar-refractivity contribution in [2.45, 2.75) is 20.0 Å². The molecule has 3 heteroatoms. The molecule has 0 aliphatic carbocycles. The van der Waals surface area contributed by atoms with Gasteiger partial charge in [0.1, 0.15) is 0 Å². The van der Waals surface area contributed by atoms with Crippen molar-refractivity contribution in [3.05, 3.63) is 30.1 Å². The lowest BCUT2D eigenvalue weighted by Crippen LogP contribution is -2.18. The summed E-state index contributed by atoms with van der Waals surface area (Å²) in [5.41, 5.74) is 0.418. The van der Waals surface area contributed by atoms with Crippen molar-refractivity contribution in [2.24, 2.45) is 5.92 Å². The largest absolute Gasteiger partial charge is 0.379 e. The molecule has 1 atom stereocenters. The Morgan fingerprint density at radius 1 is 1.46 bits per heavy atom. The van der Waals surface area contributed by atoms with Crippen molar-refractivity contribution < 1.29 is 9.90 Å². The lowest BCUT2D eigenvalue weighted by atomic mass is 10.0. The van der Waals surface area contributed by atoms with E-state index in [1.165, 1.54) is 0 Å². The molecule has 0 aromatic carbocycles. The highest BCUT2D eigenvalue weighted by molar-refractivity contribution is 5.85. The van der Waals surface area contributed by atoms with Gasteiger partial charge in [-0.05, 0) is 12.1 Å². The molecule has 13 heavy (non-hydrogen) atoms. The van der Waals surface area contributed by atoms with Gasteiger partial charge in [0.2, 0.25) is 0 Å². The number of carbonyl (C=O) groups is 1. The average molecular weight is 179 g/mol. The molecular weight excluding hydrogens is 166 g/mol. The monoisotopic (exact) mass is 179 g/mol. The Kier molecular flexibility index (Phi) is 3.14. The molecule has 70 valence electrons. The van der Waals surface area contributed by atoms with Gasteiger partial charge in [0.15, 0.2) is 11.9 Å². The number of aromatic nitrogens is 1. The molecule has 1 N–H and O–H groups in total. The van der Waals surface area contributed by atoms with Crippen LogP contribution in [0.15, 0.2) is 24.4 Å². The molecule has 0 bridgehead atoms. The maximum atomic E-state index is 11.4. The Labute approximate surface area is 77.4 Å². The number of pyridine rings is 1. The van der Waals surface area contributed by atoms with Gasteiger partial charge in [-0.15, -0.1) is 0 Å². The zero-order chi connectivity index (χ0) is 9.84. The van der Waals surface area contributed by atoms with Crippen LogP contribution in [0, 0.1) is 5.92 Å². The predicted molar refractivity (Wildman–Crippen MR) is 49.0 cm³/mol. The molecule has 0 aliphatic rings. The predicted octanol–water partition coefficient (Wildman–Crippen LogP) is 1.34. The number of aliphatic hydroxyl groups is 1. The summed E-state index contributed by atoms with van der Waals surface area (Å²) in [5.74, 6) is -0.365. The minimum absolute atomic E-state index is 0.169. The average Bonchev–Trinajstić information content (AvgIpc) is 2.17. The molecule has 0 aliphatic heterocycles. The third-order valence-corrected chi connectivity index (χ3v) is 1.81. The van der Waals surface area contributed by atoms with E-state index in [4.69, 9.17) is 0 Å². The SMILES string of the molecule is CC(C)C(=O)C(O)c1ccccn1. The van der Waals surface area contributed by atoms with Gasteiger partial charge in [0.25, 0.3) is 0 Å². The highest BCUT2D eigenvalue weighted by Gasteiger charge is 2.20. The second-order valence-electron chi connectivity index (χ2n) is 3.21. The lowest BCUT2D eigenvalue weighted by molar-refractivity contribution is -0.130. The molecule has 1 aromatic rings. The third kappa shape index (κ3) is 2.36. The molecule has 0 amide bonds. The molecule has 0 saturated heterocycles. The summed E-state index contributed by atoms with van der Waals surface area (Å²) < 4.78 is 0. The first-order valence-corrected chi connectivity index (χ1v) is 4.25. The Morgan fingerprint density at radius 3 is 2.62 bits per heavy atom. The Bertz CT molecular complexity index is 282. The molecule has 0 saturated carbocycles. The van der Waals surface area contributed by atoms with Gasteiger partial charge in [0.05, 0.1) is 5.69 Å². The summed E-state index contributed by atoms with van der Waals surface area (Å²) in [7, 11) is 0. The second kappa shape index (κ2) is 4.14. The molecule has 0 spiro atoms. The standard InChI is InChI=1S/C10H13NO2/c1-7(2)9(12)10(13)8-5-3-4-6-11-8/h3-7,10,13H,1-2H3. The smallest absolute Gasteiger partial charge is 0.169 e.